The van der Waals surface area contributed by atoms with Crippen molar-refractivity contribution in [2.75, 3.05) is 13.1 Å². The minimum atomic E-state index is 0.132. The average molecular weight is 232 g/mol. The number of hydrogen-bond acceptors (Lipinski definition) is 2. The third-order valence-electron chi connectivity index (χ3n) is 4.00. The molecule has 1 unspecified atom stereocenters. The molecule has 1 aliphatic heterocycles. The Morgan fingerprint density at radius 3 is 2.47 bits per heavy atom. The molecule has 2 heteroatoms. The van der Waals surface area contributed by atoms with Crippen molar-refractivity contribution in [2.24, 2.45) is 5.73 Å². The van der Waals surface area contributed by atoms with Gasteiger partial charge in [0.2, 0.25) is 0 Å². The fourth-order valence-corrected chi connectivity index (χ4v) is 2.66. The molecule has 0 saturated carbocycles. The van der Waals surface area contributed by atoms with Gasteiger partial charge in [-0.15, -0.1) is 0 Å². The van der Waals surface area contributed by atoms with Gasteiger partial charge in [0.05, 0.1) is 0 Å². The molecule has 0 radical (unpaired) electrons. The Morgan fingerprint density at radius 2 is 1.94 bits per heavy atom. The van der Waals surface area contributed by atoms with Crippen LogP contribution in [0.2, 0.25) is 0 Å². The van der Waals surface area contributed by atoms with Gasteiger partial charge in [-0.2, -0.15) is 0 Å². The Bertz CT molecular complexity index is 367. The number of likely N-dealkylation sites (tertiary alicyclic amines) is 1. The lowest BCUT2D eigenvalue weighted by Gasteiger charge is -2.33. The number of nitrogens with zero attached hydrogens (tertiary/aromatic N) is 1. The summed E-state index contributed by atoms with van der Waals surface area (Å²) in [4.78, 5) is 2.53. The van der Waals surface area contributed by atoms with Crippen LogP contribution in [0.15, 0.2) is 24.3 Å². The van der Waals surface area contributed by atoms with Gasteiger partial charge in [-0.05, 0) is 45.7 Å². The summed E-state index contributed by atoms with van der Waals surface area (Å²) in [6, 6.07) is 8.73. The molecule has 0 aromatic heterocycles. The fourth-order valence-electron chi connectivity index (χ4n) is 2.66. The quantitative estimate of drug-likeness (QED) is 0.868. The van der Waals surface area contributed by atoms with E-state index in [9.17, 15) is 0 Å². The van der Waals surface area contributed by atoms with Crippen LogP contribution in [0.3, 0.4) is 0 Å². The molecule has 0 aliphatic carbocycles. The summed E-state index contributed by atoms with van der Waals surface area (Å²) in [5.41, 5.74) is 9.17. The molecule has 1 aliphatic rings. The first kappa shape index (κ1) is 12.6. The number of hydrogen-bond donors (Lipinski definition) is 1. The zero-order valence-corrected chi connectivity index (χ0v) is 11.2. The third-order valence-corrected chi connectivity index (χ3v) is 4.00. The van der Waals surface area contributed by atoms with E-state index in [-0.39, 0.29) is 6.04 Å². The average Bonchev–Trinajstić information content (AvgIpc) is 2.59. The lowest BCUT2D eigenvalue weighted by atomic mass is 10.00. The van der Waals surface area contributed by atoms with Crippen LogP contribution in [0.25, 0.3) is 0 Å². The van der Waals surface area contributed by atoms with Crippen molar-refractivity contribution >= 4 is 0 Å². The number of rotatable bonds is 3. The maximum atomic E-state index is 6.30. The van der Waals surface area contributed by atoms with E-state index in [1.807, 2.05) is 0 Å². The Hall–Kier alpha value is -0.860. The molecular weight excluding hydrogens is 208 g/mol. The smallest absolute Gasteiger partial charge is 0.0424 e. The minimum absolute atomic E-state index is 0.132. The molecule has 1 fully saturated rings. The van der Waals surface area contributed by atoms with Gasteiger partial charge in [0.15, 0.2) is 0 Å². The van der Waals surface area contributed by atoms with E-state index in [2.05, 4.69) is 49.9 Å². The number of benzene rings is 1. The number of nitrogens with two attached hydrogens (primary N) is 1. The first-order valence-corrected chi connectivity index (χ1v) is 6.56. The van der Waals surface area contributed by atoms with E-state index in [0.717, 1.165) is 6.54 Å². The van der Waals surface area contributed by atoms with E-state index >= 15 is 0 Å². The first-order chi connectivity index (χ1) is 7.99. The van der Waals surface area contributed by atoms with Crippen molar-refractivity contribution < 1.29 is 0 Å². The molecule has 2 N–H and O–H groups in total. The standard InChI is InChI=1S/C15H24N2/c1-12-5-7-13(8-6-12)14(16)11-17-10-4-9-15(17,2)3/h5-8,14H,4,9-11,16H2,1-3H3. The Kier molecular flexibility index (Phi) is 3.55. The van der Waals surface area contributed by atoms with Crippen molar-refractivity contribution in [1.29, 1.82) is 0 Å². The van der Waals surface area contributed by atoms with Gasteiger partial charge in [-0.25, -0.2) is 0 Å². The summed E-state index contributed by atoms with van der Waals surface area (Å²) in [5, 5.41) is 0. The SMILES string of the molecule is Cc1ccc(C(N)CN2CCCC2(C)C)cc1. The van der Waals surface area contributed by atoms with Crippen LogP contribution in [0.4, 0.5) is 0 Å². The summed E-state index contributed by atoms with van der Waals surface area (Å²) in [5.74, 6) is 0. The normalized spacial score (nSPS) is 21.6. The Balaban J connectivity index is 2.01. The summed E-state index contributed by atoms with van der Waals surface area (Å²) < 4.78 is 0. The second-order valence-corrected chi connectivity index (χ2v) is 5.88. The van der Waals surface area contributed by atoms with Gasteiger partial charge in [0.1, 0.15) is 0 Å². The molecule has 1 aromatic rings. The van der Waals surface area contributed by atoms with Crippen molar-refractivity contribution in [1.82, 2.24) is 4.90 Å². The predicted octanol–water partition coefficient (Wildman–Crippen LogP) is 2.87. The highest BCUT2D eigenvalue weighted by Crippen LogP contribution is 2.29. The molecule has 1 saturated heterocycles. The summed E-state index contributed by atoms with van der Waals surface area (Å²) >= 11 is 0. The highest BCUT2D eigenvalue weighted by molar-refractivity contribution is 5.24. The molecule has 0 bridgehead atoms. The molecule has 0 amide bonds. The molecule has 94 valence electrons. The molecule has 2 nitrogen and oxygen atoms in total. The van der Waals surface area contributed by atoms with Gasteiger partial charge in [-0.3, -0.25) is 4.90 Å². The van der Waals surface area contributed by atoms with Gasteiger partial charge in [-0.1, -0.05) is 29.8 Å². The largest absolute Gasteiger partial charge is 0.323 e. The van der Waals surface area contributed by atoms with Crippen molar-refractivity contribution in [2.45, 2.75) is 45.2 Å². The van der Waals surface area contributed by atoms with E-state index in [1.165, 1.54) is 30.5 Å². The van der Waals surface area contributed by atoms with Crippen molar-refractivity contribution in [3.05, 3.63) is 35.4 Å². The van der Waals surface area contributed by atoms with Gasteiger partial charge in [0.25, 0.3) is 0 Å². The second kappa shape index (κ2) is 4.79. The molecule has 17 heavy (non-hydrogen) atoms. The predicted molar refractivity (Wildman–Crippen MR) is 73.0 cm³/mol. The van der Waals surface area contributed by atoms with Crippen LogP contribution in [0.1, 0.15) is 43.9 Å². The van der Waals surface area contributed by atoms with Gasteiger partial charge in [0, 0.05) is 18.1 Å². The molecule has 2 rings (SSSR count). The zero-order chi connectivity index (χ0) is 12.5. The van der Waals surface area contributed by atoms with Crippen LogP contribution >= 0.6 is 0 Å². The molecule has 1 aromatic carbocycles. The second-order valence-electron chi connectivity index (χ2n) is 5.88. The lowest BCUT2D eigenvalue weighted by Crippen LogP contribution is -2.42. The zero-order valence-electron chi connectivity index (χ0n) is 11.2. The van der Waals surface area contributed by atoms with E-state index in [1.54, 1.807) is 0 Å². The van der Waals surface area contributed by atoms with E-state index in [0.29, 0.717) is 5.54 Å². The molecule has 1 heterocycles. The van der Waals surface area contributed by atoms with Crippen LogP contribution in [-0.2, 0) is 0 Å². The maximum Gasteiger partial charge on any atom is 0.0424 e. The molecule has 0 spiro atoms. The summed E-state index contributed by atoms with van der Waals surface area (Å²) in [6.45, 7) is 8.91. The van der Waals surface area contributed by atoms with E-state index in [4.69, 9.17) is 5.73 Å². The van der Waals surface area contributed by atoms with Gasteiger partial charge < -0.3 is 5.73 Å². The van der Waals surface area contributed by atoms with Crippen LogP contribution < -0.4 is 5.73 Å². The first-order valence-electron chi connectivity index (χ1n) is 6.56. The topological polar surface area (TPSA) is 29.3 Å². The van der Waals surface area contributed by atoms with Crippen molar-refractivity contribution in [3.8, 4) is 0 Å². The lowest BCUT2D eigenvalue weighted by molar-refractivity contribution is 0.165. The molecule has 1 atom stereocenters. The van der Waals surface area contributed by atoms with Crippen LogP contribution in [0.5, 0.6) is 0 Å². The fraction of sp³-hybridized carbons (Fsp3) is 0.600. The van der Waals surface area contributed by atoms with Crippen LogP contribution in [-0.4, -0.2) is 23.5 Å². The highest BCUT2D eigenvalue weighted by atomic mass is 15.2. The monoisotopic (exact) mass is 232 g/mol. The highest BCUT2D eigenvalue weighted by Gasteiger charge is 2.32. The Morgan fingerprint density at radius 1 is 1.29 bits per heavy atom. The summed E-state index contributed by atoms with van der Waals surface area (Å²) in [6.07, 6.45) is 2.58. The minimum Gasteiger partial charge on any atom is -0.323 e. The molecular formula is C15H24N2. The third kappa shape index (κ3) is 2.88. The van der Waals surface area contributed by atoms with E-state index < -0.39 is 0 Å². The number of aryl methyl sites for hydroxylation is 1. The summed E-state index contributed by atoms with van der Waals surface area (Å²) in [7, 11) is 0. The maximum absolute atomic E-state index is 6.30. The van der Waals surface area contributed by atoms with Crippen molar-refractivity contribution in [3.63, 3.8) is 0 Å². The van der Waals surface area contributed by atoms with Crippen LogP contribution in [0, 0.1) is 6.92 Å². The Labute approximate surface area is 105 Å². The van der Waals surface area contributed by atoms with Gasteiger partial charge >= 0.3 is 0 Å².